The molecular weight excluding hydrogens is 317 g/mol. The molecule has 1 spiro atoms. The number of rotatable bonds is 1. The van der Waals surface area contributed by atoms with Gasteiger partial charge in [-0.05, 0) is 29.0 Å². The van der Waals surface area contributed by atoms with Crippen molar-refractivity contribution in [1.29, 1.82) is 0 Å². The number of benzene rings is 3. The molecule has 0 fully saturated rings. The topological polar surface area (TPSA) is 30.8 Å². The average Bonchev–Trinajstić information content (AvgIpc) is 3.11. The molecule has 3 aromatic carbocycles. The summed E-state index contributed by atoms with van der Waals surface area (Å²) in [6, 6.07) is 21.6. The van der Waals surface area contributed by atoms with Crippen LogP contribution >= 0.6 is 0 Å². The number of aliphatic imine (C=N–C) groups is 1. The highest BCUT2D eigenvalue weighted by Crippen LogP contribution is 2.44. The summed E-state index contributed by atoms with van der Waals surface area (Å²) in [7, 11) is 0. The van der Waals surface area contributed by atoms with E-state index in [2.05, 4.69) is 11.1 Å². The second-order valence-corrected chi connectivity index (χ2v) is 6.45. The molecule has 0 aliphatic carbocycles. The lowest BCUT2D eigenvalue weighted by molar-refractivity contribution is -0.0405. The van der Waals surface area contributed by atoms with Crippen molar-refractivity contribution in [1.82, 2.24) is 0 Å². The summed E-state index contributed by atoms with van der Waals surface area (Å²) in [6.07, 6.45) is -1.26. The second kappa shape index (κ2) is 5.31. The molecule has 4 heteroatoms. The van der Waals surface area contributed by atoms with E-state index in [9.17, 15) is 4.39 Å². The van der Waals surface area contributed by atoms with E-state index in [-0.39, 0.29) is 13.2 Å². The van der Waals surface area contributed by atoms with E-state index in [1.165, 1.54) is 0 Å². The Morgan fingerprint density at radius 3 is 2.68 bits per heavy atom. The van der Waals surface area contributed by atoms with Crippen LogP contribution in [0.1, 0.15) is 11.1 Å². The number of alkyl halides is 1. The average molecular weight is 333 g/mol. The third-order valence-corrected chi connectivity index (χ3v) is 4.97. The normalized spacial score (nSPS) is 24.5. The Labute approximate surface area is 144 Å². The monoisotopic (exact) mass is 333 g/mol. The van der Waals surface area contributed by atoms with Crippen LogP contribution in [0.2, 0.25) is 0 Å². The van der Waals surface area contributed by atoms with Crippen LogP contribution < -0.4 is 4.74 Å². The first kappa shape index (κ1) is 14.5. The van der Waals surface area contributed by atoms with Crippen molar-refractivity contribution in [3.63, 3.8) is 0 Å². The summed E-state index contributed by atoms with van der Waals surface area (Å²) in [6.45, 7) is 0.244. The van der Waals surface area contributed by atoms with Gasteiger partial charge in [-0.1, -0.05) is 48.5 Å². The van der Waals surface area contributed by atoms with Crippen LogP contribution in [0.4, 0.5) is 4.39 Å². The molecule has 0 radical (unpaired) electrons. The zero-order valence-corrected chi connectivity index (χ0v) is 13.5. The first-order valence-electron chi connectivity index (χ1n) is 8.35. The predicted molar refractivity (Wildman–Crippen MR) is 94.9 cm³/mol. The van der Waals surface area contributed by atoms with Gasteiger partial charge >= 0.3 is 0 Å². The minimum atomic E-state index is -1.26. The molecule has 0 aromatic heterocycles. The minimum Gasteiger partial charge on any atom is -0.490 e. The van der Waals surface area contributed by atoms with Crippen LogP contribution in [-0.4, -0.2) is 25.2 Å². The molecule has 0 saturated heterocycles. The molecule has 3 aromatic rings. The fraction of sp³-hybridized carbons (Fsp3) is 0.190. The molecule has 0 bridgehead atoms. The Balaban J connectivity index is 1.55. The van der Waals surface area contributed by atoms with Crippen molar-refractivity contribution in [3.8, 4) is 5.75 Å². The van der Waals surface area contributed by atoms with Crippen molar-refractivity contribution in [2.24, 2.45) is 4.99 Å². The number of hydrogen-bond donors (Lipinski definition) is 0. The van der Waals surface area contributed by atoms with Crippen molar-refractivity contribution in [3.05, 3.63) is 77.9 Å². The minimum absolute atomic E-state index is 0.0163. The van der Waals surface area contributed by atoms with Crippen LogP contribution in [0.3, 0.4) is 0 Å². The fourth-order valence-corrected chi connectivity index (χ4v) is 3.61. The highest BCUT2D eigenvalue weighted by atomic mass is 19.1. The smallest absolute Gasteiger partial charge is 0.217 e. The van der Waals surface area contributed by atoms with Crippen LogP contribution in [-0.2, 0) is 10.3 Å². The van der Waals surface area contributed by atoms with E-state index in [1.54, 1.807) is 0 Å². The highest BCUT2D eigenvalue weighted by Gasteiger charge is 2.52. The van der Waals surface area contributed by atoms with E-state index in [0.717, 1.165) is 21.9 Å². The molecule has 3 nitrogen and oxygen atoms in total. The standard InChI is InChI=1S/C21H16FNO2/c22-19-12-24-18-8-4-3-7-17(18)21(19)13-23-20(25-21)16-10-9-14-5-1-2-6-15(14)11-16/h1-11,19H,12-13H2/t19-,21-/m0/s1. The first-order valence-corrected chi connectivity index (χ1v) is 8.35. The summed E-state index contributed by atoms with van der Waals surface area (Å²) in [5.41, 5.74) is 0.510. The largest absolute Gasteiger partial charge is 0.490 e. The Kier molecular flexibility index (Phi) is 3.07. The lowest BCUT2D eigenvalue weighted by Gasteiger charge is -2.37. The lowest BCUT2D eigenvalue weighted by Crippen LogP contribution is -2.47. The van der Waals surface area contributed by atoms with Gasteiger partial charge in [-0.3, -0.25) is 0 Å². The van der Waals surface area contributed by atoms with Crippen LogP contribution in [0, 0.1) is 0 Å². The van der Waals surface area contributed by atoms with Gasteiger partial charge in [-0.2, -0.15) is 0 Å². The van der Waals surface area contributed by atoms with Gasteiger partial charge in [0.25, 0.3) is 0 Å². The zero-order chi connectivity index (χ0) is 16.9. The molecule has 0 N–H and O–H groups in total. The van der Waals surface area contributed by atoms with Crippen LogP contribution in [0.5, 0.6) is 5.75 Å². The van der Waals surface area contributed by atoms with Crippen LogP contribution in [0.25, 0.3) is 10.8 Å². The SMILES string of the molecule is F[C@H]1COc2ccccc2[C@@]12CN=C(c1ccc3ccccc3c1)O2. The fourth-order valence-electron chi connectivity index (χ4n) is 3.61. The van der Waals surface area contributed by atoms with E-state index in [0.29, 0.717) is 11.6 Å². The van der Waals surface area contributed by atoms with Crippen molar-refractivity contribution >= 4 is 16.7 Å². The number of fused-ring (bicyclic) bond motifs is 3. The maximum atomic E-state index is 14.8. The molecule has 25 heavy (non-hydrogen) atoms. The Morgan fingerprint density at radius 1 is 0.960 bits per heavy atom. The maximum Gasteiger partial charge on any atom is 0.217 e. The van der Waals surface area contributed by atoms with Gasteiger partial charge in [0, 0.05) is 11.1 Å². The van der Waals surface area contributed by atoms with Gasteiger partial charge < -0.3 is 9.47 Å². The van der Waals surface area contributed by atoms with E-state index < -0.39 is 11.8 Å². The first-order chi connectivity index (χ1) is 12.3. The van der Waals surface area contributed by atoms with Crippen LogP contribution in [0.15, 0.2) is 71.7 Å². The summed E-state index contributed by atoms with van der Waals surface area (Å²) < 4.78 is 26.5. The summed E-state index contributed by atoms with van der Waals surface area (Å²) >= 11 is 0. The molecule has 2 heterocycles. The predicted octanol–water partition coefficient (Wildman–Crippen LogP) is 4.24. The van der Waals surface area contributed by atoms with E-state index in [1.807, 2.05) is 60.7 Å². The molecule has 2 atom stereocenters. The molecule has 2 aliphatic rings. The van der Waals surface area contributed by atoms with Crippen molar-refractivity contribution in [2.75, 3.05) is 13.2 Å². The molecule has 5 rings (SSSR count). The van der Waals surface area contributed by atoms with Gasteiger partial charge in [0.1, 0.15) is 12.4 Å². The van der Waals surface area contributed by atoms with Gasteiger partial charge in [-0.25, -0.2) is 9.38 Å². The van der Waals surface area contributed by atoms with E-state index in [4.69, 9.17) is 9.47 Å². The van der Waals surface area contributed by atoms with Crippen molar-refractivity contribution in [2.45, 2.75) is 11.8 Å². The molecular formula is C21H16FNO2. The van der Waals surface area contributed by atoms with Gasteiger partial charge in [-0.15, -0.1) is 0 Å². The summed E-state index contributed by atoms with van der Waals surface area (Å²) in [5, 5.41) is 2.26. The lowest BCUT2D eigenvalue weighted by atomic mass is 9.87. The zero-order valence-electron chi connectivity index (χ0n) is 13.5. The Hall–Kier alpha value is -2.88. The number of hydrogen-bond acceptors (Lipinski definition) is 3. The highest BCUT2D eigenvalue weighted by molar-refractivity contribution is 5.99. The summed E-state index contributed by atoms with van der Waals surface area (Å²) in [5.74, 6) is 1.16. The Morgan fingerprint density at radius 2 is 1.76 bits per heavy atom. The number of halogens is 1. The molecule has 0 saturated carbocycles. The number of para-hydroxylation sites is 1. The molecule has 124 valence electrons. The van der Waals surface area contributed by atoms with Crippen molar-refractivity contribution < 1.29 is 13.9 Å². The van der Waals surface area contributed by atoms with Gasteiger partial charge in [0.15, 0.2) is 11.8 Å². The number of ether oxygens (including phenoxy) is 2. The quantitative estimate of drug-likeness (QED) is 0.667. The second-order valence-electron chi connectivity index (χ2n) is 6.45. The van der Waals surface area contributed by atoms with E-state index >= 15 is 0 Å². The third kappa shape index (κ3) is 2.14. The van der Waals surface area contributed by atoms with Gasteiger partial charge in [0.2, 0.25) is 5.90 Å². The van der Waals surface area contributed by atoms with Gasteiger partial charge in [0.05, 0.1) is 6.54 Å². The molecule has 0 amide bonds. The number of nitrogens with zero attached hydrogens (tertiary/aromatic N) is 1. The molecule has 2 aliphatic heterocycles. The maximum absolute atomic E-state index is 14.8. The molecule has 0 unspecified atom stereocenters. The Bertz CT molecular complexity index is 1000. The third-order valence-electron chi connectivity index (χ3n) is 4.97. The summed E-state index contributed by atoms with van der Waals surface area (Å²) in [4.78, 5) is 4.54.